The van der Waals surface area contributed by atoms with Crippen molar-refractivity contribution in [3.8, 4) is 11.6 Å². The Morgan fingerprint density at radius 2 is 2.03 bits per heavy atom. The molecule has 2 aromatic heterocycles. The number of rotatable bonds is 6. The van der Waals surface area contributed by atoms with E-state index in [9.17, 15) is 4.79 Å². The zero-order chi connectivity index (χ0) is 21.1. The molecule has 0 saturated carbocycles. The minimum absolute atomic E-state index is 0.0606. The predicted molar refractivity (Wildman–Crippen MR) is 113 cm³/mol. The van der Waals surface area contributed by atoms with Crippen LogP contribution in [0, 0.1) is 0 Å². The smallest absolute Gasteiger partial charge is 0.253 e. The van der Waals surface area contributed by atoms with Crippen LogP contribution >= 0.6 is 0 Å². The summed E-state index contributed by atoms with van der Waals surface area (Å²) in [7, 11) is 4.97. The number of carbonyl (C=O) groups is 1. The zero-order valence-corrected chi connectivity index (χ0v) is 17.3. The molecule has 4 rings (SSSR count). The van der Waals surface area contributed by atoms with E-state index >= 15 is 0 Å². The van der Waals surface area contributed by atoms with Crippen molar-refractivity contribution in [2.75, 3.05) is 39.7 Å². The van der Waals surface area contributed by atoms with Crippen molar-refractivity contribution in [2.45, 2.75) is 18.9 Å². The largest absolute Gasteiger partial charge is 0.495 e. The standard InChI is InChI=1S/C21H25N5O4/c1-26(2)20(27)13-4-5-16(17(12-13)28-3)23-21-24-18-15(6-9-22-18)19(25-21)30-14-7-10-29-11-8-14/h4-6,9,12,14H,7-8,10-11H2,1-3H3,(H2,22,23,24,25). The molecule has 0 atom stereocenters. The van der Waals surface area contributed by atoms with Crippen LogP contribution in [0.3, 0.4) is 0 Å². The van der Waals surface area contributed by atoms with Gasteiger partial charge in [0, 0.05) is 38.7 Å². The first-order chi connectivity index (χ1) is 14.5. The van der Waals surface area contributed by atoms with Crippen molar-refractivity contribution in [1.29, 1.82) is 0 Å². The van der Waals surface area contributed by atoms with Gasteiger partial charge in [0.1, 0.15) is 17.5 Å². The summed E-state index contributed by atoms with van der Waals surface area (Å²) >= 11 is 0. The van der Waals surface area contributed by atoms with E-state index in [0.29, 0.717) is 47.7 Å². The summed E-state index contributed by atoms with van der Waals surface area (Å²) in [6.07, 6.45) is 3.52. The maximum absolute atomic E-state index is 12.2. The Bertz CT molecular complexity index is 1040. The lowest BCUT2D eigenvalue weighted by Gasteiger charge is -2.23. The number of H-pyrrole nitrogens is 1. The van der Waals surface area contributed by atoms with Gasteiger partial charge < -0.3 is 29.4 Å². The molecule has 9 heteroatoms. The molecule has 9 nitrogen and oxygen atoms in total. The summed E-state index contributed by atoms with van der Waals surface area (Å²) in [6.45, 7) is 1.37. The fraction of sp³-hybridized carbons (Fsp3) is 0.381. The second-order valence-corrected chi connectivity index (χ2v) is 7.26. The highest BCUT2D eigenvalue weighted by Gasteiger charge is 2.19. The van der Waals surface area contributed by atoms with Crippen LogP contribution in [0.15, 0.2) is 30.5 Å². The number of ether oxygens (including phenoxy) is 3. The highest BCUT2D eigenvalue weighted by molar-refractivity contribution is 5.95. The van der Waals surface area contributed by atoms with Crippen molar-refractivity contribution < 1.29 is 19.0 Å². The number of anilines is 2. The minimum atomic E-state index is -0.101. The minimum Gasteiger partial charge on any atom is -0.495 e. The second-order valence-electron chi connectivity index (χ2n) is 7.26. The van der Waals surface area contributed by atoms with Crippen molar-refractivity contribution >= 4 is 28.6 Å². The van der Waals surface area contributed by atoms with E-state index in [-0.39, 0.29) is 12.0 Å². The first-order valence-corrected chi connectivity index (χ1v) is 9.81. The lowest BCUT2D eigenvalue weighted by atomic mass is 10.1. The van der Waals surface area contributed by atoms with Gasteiger partial charge in [-0.25, -0.2) is 0 Å². The number of fused-ring (bicyclic) bond motifs is 1. The lowest BCUT2D eigenvalue weighted by Crippen LogP contribution is -2.26. The van der Waals surface area contributed by atoms with Crippen LogP contribution in [0.5, 0.6) is 11.6 Å². The lowest BCUT2D eigenvalue weighted by molar-refractivity contribution is 0.0244. The number of benzene rings is 1. The van der Waals surface area contributed by atoms with Gasteiger partial charge in [-0.3, -0.25) is 4.79 Å². The molecule has 1 saturated heterocycles. The number of aromatic amines is 1. The van der Waals surface area contributed by atoms with Crippen molar-refractivity contribution in [3.63, 3.8) is 0 Å². The summed E-state index contributed by atoms with van der Waals surface area (Å²) in [6, 6.07) is 7.10. The van der Waals surface area contributed by atoms with Gasteiger partial charge in [-0.05, 0) is 24.3 Å². The summed E-state index contributed by atoms with van der Waals surface area (Å²) in [5.41, 5.74) is 1.86. The Kier molecular flexibility index (Phi) is 5.71. The van der Waals surface area contributed by atoms with E-state index in [1.165, 1.54) is 4.90 Å². The van der Waals surface area contributed by atoms with Gasteiger partial charge in [0.2, 0.25) is 11.8 Å². The number of aromatic nitrogens is 3. The van der Waals surface area contributed by atoms with Crippen LogP contribution < -0.4 is 14.8 Å². The van der Waals surface area contributed by atoms with E-state index in [1.807, 2.05) is 12.3 Å². The molecule has 1 aromatic carbocycles. The molecule has 158 valence electrons. The Balaban J connectivity index is 1.62. The van der Waals surface area contributed by atoms with Crippen LogP contribution in [0.1, 0.15) is 23.2 Å². The Hall–Kier alpha value is -3.33. The molecular formula is C21H25N5O4. The number of nitrogens with zero attached hydrogens (tertiary/aromatic N) is 3. The van der Waals surface area contributed by atoms with E-state index < -0.39 is 0 Å². The Morgan fingerprint density at radius 1 is 1.23 bits per heavy atom. The number of carbonyl (C=O) groups excluding carboxylic acids is 1. The van der Waals surface area contributed by atoms with Gasteiger partial charge in [0.25, 0.3) is 5.91 Å². The molecule has 1 amide bonds. The molecule has 30 heavy (non-hydrogen) atoms. The van der Waals surface area contributed by atoms with Crippen molar-refractivity contribution in [3.05, 3.63) is 36.0 Å². The molecule has 0 unspecified atom stereocenters. The molecule has 1 aliphatic heterocycles. The third kappa shape index (κ3) is 4.16. The predicted octanol–water partition coefficient (Wildman–Crippen LogP) is 2.97. The third-order valence-corrected chi connectivity index (χ3v) is 4.93. The fourth-order valence-corrected chi connectivity index (χ4v) is 3.32. The average Bonchev–Trinajstić information content (AvgIpc) is 3.23. The van der Waals surface area contributed by atoms with Crippen LogP contribution in [-0.2, 0) is 4.74 Å². The molecule has 0 aliphatic carbocycles. The third-order valence-electron chi connectivity index (χ3n) is 4.93. The number of hydrogen-bond acceptors (Lipinski definition) is 7. The van der Waals surface area contributed by atoms with E-state index in [1.54, 1.807) is 39.4 Å². The Labute approximate surface area is 174 Å². The number of amides is 1. The summed E-state index contributed by atoms with van der Waals surface area (Å²) < 4.78 is 17.0. The van der Waals surface area contributed by atoms with E-state index in [4.69, 9.17) is 14.2 Å². The topological polar surface area (TPSA) is 102 Å². The van der Waals surface area contributed by atoms with Gasteiger partial charge in [-0.2, -0.15) is 9.97 Å². The van der Waals surface area contributed by atoms with Gasteiger partial charge in [-0.1, -0.05) is 0 Å². The zero-order valence-electron chi connectivity index (χ0n) is 17.3. The normalized spacial score (nSPS) is 14.5. The first kappa shape index (κ1) is 20.0. The van der Waals surface area contributed by atoms with Gasteiger partial charge in [0.05, 0.1) is 31.4 Å². The van der Waals surface area contributed by atoms with Crippen LogP contribution in [-0.4, -0.2) is 66.3 Å². The molecule has 1 fully saturated rings. The summed E-state index contributed by atoms with van der Waals surface area (Å²) in [5.74, 6) is 1.31. The number of hydrogen-bond donors (Lipinski definition) is 2. The van der Waals surface area contributed by atoms with Gasteiger partial charge >= 0.3 is 0 Å². The van der Waals surface area contributed by atoms with E-state index in [0.717, 1.165) is 18.2 Å². The molecule has 2 N–H and O–H groups in total. The van der Waals surface area contributed by atoms with Crippen molar-refractivity contribution in [2.24, 2.45) is 0 Å². The molecular weight excluding hydrogens is 386 g/mol. The molecule has 1 aliphatic rings. The summed E-state index contributed by atoms with van der Waals surface area (Å²) in [5, 5.41) is 4.01. The molecule has 0 bridgehead atoms. The maximum atomic E-state index is 12.2. The van der Waals surface area contributed by atoms with Crippen LogP contribution in [0.25, 0.3) is 11.0 Å². The fourth-order valence-electron chi connectivity index (χ4n) is 3.32. The summed E-state index contributed by atoms with van der Waals surface area (Å²) in [4.78, 5) is 26.0. The number of nitrogens with one attached hydrogen (secondary N) is 2. The van der Waals surface area contributed by atoms with Crippen molar-refractivity contribution in [1.82, 2.24) is 19.9 Å². The SMILES string of the molecule is COc1cc(C(=O)N(C)C)ccc1Nc1nc(OC2CCOCC2)c2cc[nH]c2n1. The quantitative estimate of drug-likeness (QED) is 0.643. The average molecular weight is 411 g/mol. The molecule has 3 aromatic rings. The maximum Gasteiger partial charge on any atom is 0.253 e. The molecule has 3 heterocycles. The highest BCUT2D eigenvalue weighted by Crippen LogP contribution is 2.31. The molecule has 0 spiro atoms. The molecule has 0 radical (unpaired) electrons. The van der Waals surface area contributed by atoms with Crippen LogP contribution in [0.2, 0.25) is 0 Å². The van der Waals surface area contributed by atoms with Crippen LogP contribution in [0.4, 0.5) is 11.6 Å². The second kappa shape index (κ2) is 8.58. The first-order valence-electron chi connectivity index (χ1n) is 9.81. The monoisotopic (exact) mass is 411 g/mol. The number of methoxy groups -OCH3 is 1. The Morgan fingerprint density at radius 3 is 2.77 bits per heavy atom. The van der Waals surface area contributed by atoms with Gasteiger partial charge in [-0.15, -0.1) is 0 Å². The van der Waals surface area contributed by atoms with Gasteiger partial charge in [0.15, 0.2) is 0 Å². The van der Waals surface area contributed by atoms with E-state index in [2.05, 4.69) is 20.3 Å². The highest BCUT2D eigenvalue weighted by atomic mass is 16.5.